The zero-order valence-corrected chi connectivity index (χ0v) is 12.7. The van der Waals surface area contributed by atoms with Crippen molar-refractivity contribution in [2.45, 2.75) is 26.8 Å². The summed E-state index contributed by atoms with van der Waals surface area (Å²) in [5.74, 6) is 1.26. The molecule has 0 fully saturated rings. The summed E-state index contributed by atoms with van der Waals surface area (Å²) >= 11 is 9.30. The van der Waals surface area contributed by atoms with E-state index < -0.39 is 0 Å². The van der Waals surface area contributed by atoms with E-state index in [4.69, 9.17) is 16.3 Å². The van der Waals surface area contributed by atoms with E-state index in [2.05, 4.69) is 40.1 Å². The second-order valence-corrected chi connectivity index (χ2v) is 5.43. The summed E-state index contributed by atoms with van der Waals surface area (Å²) in [5, 5.41) is 3.99. The number of aromatic nitrogens is 1. The average Bonchev–Trinajstić information content (AvgIpc) is 2.26. The van der Waals surface area contributed by atoms with Crippen molar-refractivity contribution in [1.29, 1.82) is 0 Å². The molecule has 96 valence electrons. The predicted octanol–water partition coefficient (Wildman–Crippen LogP) is 3.97. The molecule has 0 spiro atoms. The van der Waals surface area contributed by atoms with E-state index in [1.165, 1.54) is 0 Å². The van der Waals surface area contributed by atoms with Gasteiger partial charge in [0.25, 0.3) is 0 Å². The molecule has 0 aromatic carbocycles. The van der Waals surface area contributed by atoms with Crippen molar-refractivity contribution in [2.75, 3.05) is 18.5 Å². The molecule has 0 amide bonds. The lowest BCUT2D eigenvalue weighted by Crippen LogP contribution is -2.31. The number of hydrogen-bond donors (Lipinski definition) is 1. The van der Waals surface area contributed by atoms with Crippen LogP contribution in [0.15, 0.2) is 16.7 Å². The van der Waals surface area contributed by atoms with Gasteiger partial charge in [0.2, 0.25) is 0 Å². The van der Waals surface area contributed by atoms with Gasteiger partial charge in [0.15, 0.2) is 0 Å². The van der Waals surface area contributed by atoms with Crippen molar-refractivity contribution in [3.8, 4) is 0 Å². The Labute approximate surface area is 116 Å². The normalized spacial score (nSPS) is 12.8. The molecule has 1 aromatic rings. The Hall–Kier alpha value is -0.320. The first-order chi connectivity index (χ1) is 8.04. The number of ether oxygens (including phenoxy) is 1. The second-order valence-electron chi connectivity index (χ2n) is 4.14. The van der Waals surface area contributed by atoms with Gasteiger partial charge in [0.1, 0.15) is 5.82 Å². The fraction of sp³-hybridized carbons (Fsp3) is 0.583. The molecule has 1 N–H and O–H groups in total. The lowest BCUT2D eigenvalue weighted by molar-refractivity contribution is 0.126. The fourth-order valence-corrected chi connectivity index (χ4v) is 2.10. The molecule has 1 aromatic heterocycles. The summed E-state index contributed by atoms with van der Waals surface area (Å²) in [7, 11) is 0. The number of nitrogens with one attached hydrogen (secondary N) is 1. The van der Waals surface area contributed by atoms with E-state index in [1.807, 2.05) is 13.0 Å². The highest BCUT2D eigenvalue weighted by Crippen LogP contribution is 2.24. The van der Waals surface area contributed by atoms with Crippen molar-refractivity contribution in [3.63, 3.8) is 0 Å². The van der Waals surface area contributed by atoms with Crippen molar-refractivity contribution in [2.24, 2.45) is 5.92 Å². The van der Waals surface area contributed by atoms with Gasteiger partial charge in [-0.1, -0.05) is 25.4 Å². The summed E-state index contributed by atoms with van der Waals surface area (Å²) in [6.45, 7) is 7.69. The molecule has 1 rings (SSSR count). The summed E-state index contributed by atoms with van der Waals surface area (Å²) in [6, 6.07) is 2.06. The van der Waals surface area contributed by atoms with Crippen LogP contribution in [0, 0.1) is 5.92 Å². The van der Waals surface area contributed by atoms with Gasteiger partial charge >= 0.3 is 0 Å². The van der Waals surface area contributed by atoms with Gasteiger partial charge in [-0.05, 0) is 34.8 Å². The van der Waals surface area contributed by atoms with Crippen molar-refractivity contribution >= 4 is 33.3 Å². The van der Waals surface area contributed by atoms with E-state index in [0.717, 1.165) is 16.9 Å². The molecule has 3 nitrogen and oxygen atoms in total. The van der Waals surface area contributed by atoms with Gasteiger partial charge in [-0.3, -0.25) is 0 Å². The molecule has 1 heterocycles. The molecule has 1 unspecified atom stereocenters. The van der Waals surface area contributed by atoms with Gasteiger partial charge < -0.3 is 10.1 Å². The molecule has 0 aliphatic rings. The predicted molar refractivity (Wildman–Crippen MR) is 75.7 cm³/mol. The Morgan fingerprint density at radius 2 is 2.24 bits per heavy atom. The Bertz CT molecular complexity index is 360. The summed E-state index contributed by atoms with van der Waals surface area (Å²) in [6.07, 6.45) is 1.63. The summed E-state index contributed by atoms with van der Waals surface area (Å²) < 4.78 is 6.33. The molecule has 0 aliphatic carbocycles. The molecule has 1 atom stereocenters. The SMILES string of the molecule is CCOCC(Nc1ncc(Cl)cc1Br)C(C)C. The van der Waals surface area contributed by atoms with E-state index in [0.29, 0.717) is 17.5 Å². The topological polar surface area (TPSA) is 34.1 Å². The number of nitrogens with zero attached hydrogens (tertiary/aromatic N) is 1. The van der Waals surface area contributed by atoms with Gasteiger partial charge in [-0.15, -0.1) is 0 Å². The Morgan fingerprint density at radius 1 is 1.53 bits per heavy atom. The fourth-order valence-electron chi connectivity index (χ4n) is 1.34. The number of rotatable bonds is 6. The minimum absolute atomic E-state index is 0.236. The third-order valence-corrected chi connectivity index (χ3v) is 3.25. The molecule has 0 saturated carbocycles. The number of halogens is 2. The molecule has 0 radical (unpaired) electrons. The highest BCUT2D eigenvalue weighted by molar-refractivity contribution is 9.10. The zero-order valence-electron chi connectivity index (χ0n) is 10.3. The van der Waals surface area contributed by atoms with Crippen LogP contribution in [-0.2, 0) is 4.74 Å². The third kappa shape index (κ3) is 4.82. The molecular formula is C12H18BrClN2O. The van der Waals surface area contributed by atoms with E-state index in [9.17, 15) is 0 Å². The first-order valence-corrected chi connectivity index (χ1v) is 6.87. The van der Waals surface area contributed by atoms with E-state index in [-0.39, 0.29) is 6.04 Å². The summed E-state index contributed by atoms with van der Waals surface area (Å²) in [4.78, 5) is 4.26. The quantitative estimate of drug-likeness (QED) is 0.861. The van der Waals surface area contributed by atoms with Crippen LogP contribution in [0.1, 0.15) is 20.8 Å². The molecule has 17 heavy (non-hydrogen) atoms. The van der Waals surface area contributed by atoms with Crippen LogP contribution in [0.5, 0.6) is 0 Å². The van der Waals surface area contributed by atoms with Gasteiger partial charge in [-0.2, -0.15) is 0 Å². The number of anilines is 1. The van der Waals surface area contributed by atoms with Crippen LogP contribution in [0.2, 0.25) is 5.02 Å². The highest BCUT2D eigenvalue weighted by Gasteiger charge is 2.15. The van der Waals surface area contributed by atoms with Gasteiger partial charge in [-0.25, -0.2) is 4.98 Å². The van der Waals surface area contributed by atoms with Crippen LogP contribution in [0.3, 0.4) is 0 Å². The van der Waals surface area contributed by atoms with Crippen molar-refractivity contribution in [3.05, 3.63) is 21.8 Å². The monoisotopic (exact) mass is 320 g/mol. The number of hydrogen-bond acceptors (Lipinski definition) is 3. The molecule has 0 saturated heterocycles. The maximum Gasteiger partial charge on any atom is 0.140 e. The first-order valence-electron chi connectivity index (χ1n) is 5.70. The second kappa shape index (κ2) is 7.19. The molecule has 5 heteroatoms. The van der Waals surface area contributed by atoms with Gasteiger partial charge in [0, 0.05) is 12.8 Å². The first kappa shape index (κ1) is 14.7. The third-order valence-electron chi connectivity index (χ3n) is 2.44. The molecule has 0 aliphatic heterocycles. The average molecular weight is 322 g/mol. The maximum atomic E-state index is 5.85. The summed E-state index contributed by atoms with van der Waals surface area (Å²) in [5.41, 5.74) is 0. The lowest BCUT2D eigenvalue weighted by Gasteiger charge is -2.23. The van der Waals surface area contributed by atoms with Crippen molar-refractivity contribution < 1.29 is 4.74 Å². The van der Waals surface area contributed by atoms with Crippen LogP contribution < -0.4 is 5.32 Å². The van der Waals surface area contributed by atoms with Crippen LogP contribution in [0.4, 0.5) is 5.82 Å². The Kier molecular flexibility index (Phi) is 6.23. The lowest BCUT2D eigenvalue weighted by atomic mass is 10.1. The van der Waals surface area contributed by atoms with Gasteiger partial charge in [0.05, 0.1) is 22.1 Å². The van der Waals surface area contributed by atoms with Crippen LogP contribution in [-0.4, -0.2) is 24.2 Å². The van der Waals surface area contributed by atoms with E-state index in [1.54, 1.807) is 6.20 Å². The largest absolute Gasteiger partial charge is 0.380 e. The van der Waals surface area contributed by atoms with Crippen LogP contribution in [0.25, 0.3) is 0 Å². The Balaban J connectivity index is 2.71. The minimum atomic E-state index is 0.236. The smallest absolute Gasteiger partial charge is 0.140 e. The minimum Gasteiger partial charge on any atom is -0.380 e. The number of pyridine rings is 1. The highest BCUT2D eigenvalue weighted by atomic mass is 79.9. The standard InChI is InChI=1S/C12H18BrClN2O/c1-4-17-7-11(8(2)3)16-12-10(13)5-9(14)6-15-12/h5-6,8,11H,4,7H2,1-3H3,(H,15,16). The maximum absolute atomic E-state index is 5.85. The Morgan fingerprint density at radius 3 is 2.76 bits per heavy atom. The molecule has 0 bridgehead atoms. The zero-order chi connectivity index (χ0) is 12.8. The van der Waals surface area contributed by atoms with Crippen molar-refractivity contribution in [1.82, 2.24) is 4.98 Å². The molecular weight excluding hydrogens is 304 g/mol. The van der Waals surface area contributed by atoms with Crippen LogP contribution >= 0.6 is 27.5 Å². The van der Waals surface area contributed by atoms with E-state index >= 15 is 0 Å².